The predicted octanol–water partition coefficient (Wildman–Crippen LogP) is 3.56. The lowest BCUT2D eigenvalue weighted by molar-refractivity contribution is 0.0557. The summed E-state index contributed by atoms with van der Waals surface area (Å²) in [6.07, 6.45) is 7.91. The van der Waals surface area contributed by atoms with Crippen LogP contribution in [0, 0.1) is 5.82 Å². The van der Waals surface area contributed by atoms with Gasteiger partial charge in [-0.15, -0.1) is 0 Å². The number of piperidine rings is 1. The molecule has 0 radical (unpaired) electrons. The highest BCUT2D eigenvalue weighted by Gasteiger charge is 2.33. The molecular weight excluding hydrogens is 347 g/mol. The smallest absolute Gasteiger partial charge is 0.292 e. The first kappa shape index (κ1) is 17.3. The van der Waals surface area contributed by atoms with Gasteiger partial charge in [-0.25, -0.2) is 19.3 Å². The second kappa shape index (κ2) is 7.65. The Morgan fingerprint density at radius 1 is 1.19 bits per heavy atom. The van der Waals surface area contributed by atoms with Crippen LogP contribution in [0.25, 0.3) is 0 Å². The van der Waals surface area contributed by atoms with E-state index >= 15 is 0 Å². The molecule has 1 aliphatic rings. The Bertz CT molecular complexity index is 928. The quantitative estimate of drug-likeness (QED) is 0.706. The van der Waals surface area contributed by atoms with Gasteiger partial charge in [0.25, 0.3) is 5.91 Å². The molecule has 1 aromatic carbocycles. The molecule has 1 fully saturated rings. The standard InChI is InChI=1S/C20H19FN4O2/c21-15-6-3-5-14(11-15)12-16-13-24-19(27-16)17-7-1-2-10-25(17)20(26)18-22-8-4-9-23-18/h3-6,8-9,11,13,17H,1-2,7,10,12H2. The van der Waals surface area contributed by atoms with Gasteiger partial charge in [-0.3, -0.25) is 4.79 Å². The Labute approximate surface area is 156 Å². The molecule has 3 aromatic rings. The predicted molar refractivity (Wildman–Crippen MR) is 95.4 cm³/mol. The van der Waals surface area contributed by atoms with E-state index in [4.69, 9.17) is 4.42 Å². The van der Waals surface area contributed by atoms with Gasteiger partial charge in [0.2, 0.25) is 11.7 Å². The molecule has 0 N–H and O–H groups in total. The molecule has 4 rings (SSSR count). The van der Waals surface area contributed by atoms with E-state index in [9.17, 15) is 9.18 Å². The third-order valence-corrected chi connectivity index (χ3v) is 4.64. The van der Waals surface area contributed by atoms with Gasteiger partial charge in [-0.05, 0) is 43.0 Å². The van der Waals surface area contributed by atoms with Crippen LogP contribution in [0.5, 0.6) is 0 Å². The maximum Gasteiger partial charge on any atom is 0.292 e. The molecule has 138 valence electrons. The zero-order valence-electron chi connectivity index (χ0n) is 14.7. The fraction of sp³-hybridized carbons (Fsp3) is 0.300. The number of carbonyl (C=O) groups excluding carboxylic acids is 1. The fourth-order valence-corrected chi connectivity index (χ4v) is 3.38. The monoisotopic (exact) mass is 366 g/mol. The Balaban J connectivity index is 1.54. The van der Waals surface area contributed by atoms with Crippen LogP contribution < -0.4 is 0 Å². The molecule has 0 saturated carbocycles. The summed E-state index contributed by atoms with van der Waals surface area (Å²) in [5, 5.41) is 0. The van der Waals surface area contributed by atoms with Crippen LogP contribution in [0.1, 0.15) is 53.1 Å². The lowest BCUT2D eigenvalue weighted by Crippen LogP contribution is -2.39. The summed E-state index contributed by atoms with van der Waals surface area (Å²) >= 11 is 0. The summed E-state index contributed by atoms with van der Waals surface area (Å²) in [4.78, 5) is 27.1. The van der Waals surface area contributed by atoms with Crippen molar-refractivity contribution in [1.82, 2.24) is 19.9 Å². The van der Waals surface area contributed by atoms with Gasteiger partial charge >= 0.3 is 0 Å². The van der Waals surface area contributed by atoms with E-state index in [-0.39, 0.29) is 23.6 Å². The number of hydrogen-bond acceptors (Lipinski definition) is 5. The van der Waals surface area contributed by atoms with Crippen molar-refractivity contribution >= 4 is 5.91 Å². The molecule has 3 heterocycles. The number of amides is 1. The minimum Gasteiger partial charge on any atom is -0.443 e. The van der Waals surface area contributed by atoms with Gasteiger partial charge in [0.05, 0.1) is 6.20 Å². The summed E-state index contributed by atoms with van der Waals surface area (Å²) in [6.45, 7) is 0.614. The molecule has 0 spiro atoms. The van der Waals surface area contributed by atoms with Crippen molar-refractivity contribution in [3.63, 3.8) is 0 Å². The van der Waals surface area contributed by atoms with Crippen LogP contribution in [-0.4, -0.2) is 32.3 Å². The molecule has 1 unspecified atom stereocenters. The Hall–Kier alpha value is -3.09. The molecular formula is C20H19FN4O2. The van der Waals surface area contributed by atoms with Crippen molar-refractivity contribution in [2.24, 2.45) is 0 Å². The molecule has 1 amide bonds. The van der Waals surface area contributed by atoms with E-state index in [0.29, 0.717) is 24.6 Å². The van der Waals surface area contributed by atoms with E-state index in [2.05, 4.69) is 15.0 Å². The Morgan fingerprint density at radius 3 is 2.85 bits per heavy atom. The first-order chi connectivity index (χ1) is 13.2. The molecule has 0 aliphatic carbocycles. The van der Waals surface area contributed by atoms with Crippen molar-refractivity contribution in [3.05, 3.63) is 77.8 Å². The molecule has 6 nitrogen and oxygen atoms in total. The number of oxazole rings is 1. The van der Waals surface area contributed by atoms with Crippen molar-refractivity contribution in [1.29, 1.82) is 0 Å². The Kier molecular flexibility index (Phi) is 4.91. The van der Waals surface area contributed by atoms with E-state index in [1.54, 1.807) is 35.6 Å². The number of rotatable bonds is 4. The van der Waals surface area contributed by atoms with Gasteiger partial charge in [0, 0.05) is 25.4 Å². The third kappa shape index (κ3) is 3.86. The highest BCUT2D eigenvalue weighted by atomic mass is 19.1. The maximum absolute atomic E-state index is 13.4. The molecule has 1 aliphatic heterocycles. The van der Waals surface area contributed by atoms with E-state index in [1.807, 2.05) is 6.07 Å². The number of nitrogens with zero attached hydrogens (tertiary/aromatic N) is 4. The zero-order valence-corrected chi connectivity index (χ0v) is 14.7. The fourth-order valence-electron chi connectivity index (χ4n) is 3.38. The number of aromatic nitrogens is 3. The topological polar surface area (TPSA) is 72.1 Å². The van der Waals surface area contributed by atoms with E-state index in [1.165, 1.54) is 12.1 Å². The average Bonchev–Trinajstić information content (AvgIpc) is 3.16. The lowest BCUT2D eigenvalue weighted by Gasteiger charge is -2.33. The van der Waals surface area contributed by atoms with Crippen molar-refractivity contribution in [3.8, 4) is 0 Å². The second-order valence-electron chi connectivity index (χ2n) is 6.55. The summed E-state index contributed by atoms with van der Waals surface area (Å²) in [7, 11) is 0. The number of hydrogen-bond donors (Lipinski definition) is 0. The largest absolute Gasteiger partial charge is 0.443 e. The van der Waals surface area contributed by atoms with Crippen molar-refractivity contribution in [2.75, 3.05) is 6.54 Å². The molecule has 7 heteroatoms. The van der Waals surface area contributed by atoms with Crippen LogP contribution in [0.3, 0.4) is 0 Å². The van der Waals surface area contributed by atoms with Crippen LogP contribution >= 0.6 is 0 Å². The summed E-state index contributed by atoms with van der Waals surface area (Å²) in [5.41, 5.74) is 0.812. The Morgan fingerprint density at radius 2 is 2.04 bits per heavy atom. The number of carbonyl (C=O) groups is 1. The van der Waals surface area contributed by atoms with Gasteiger partial charge in [0.15, 0.2) is 0 Å². The van der Waals surface area contributed by atoms with E-state index < -0.39 is 0 Å². The first-order valence-electron chi connectivity index (χ1n) is 8.98. The second-order valence-corrected chi connectivity index (χ2v) is 6.55. The van der Waals surface area contributed by atoms with Crippen LogP contribution in [0.2, 0.25) is 0 Å². The van der Waals surface area contributed by atoms with Crippen LogP contribution in [0.15, 0.2) is 53.3 Å². The van der Waals surface area contributed by atoms with Crippen LogP contribution in [0.4, 0.5) is 4.39 Å². The SMILES string of the molecule is O=C(c1ncccn1)N1CCCCC1c1ncc(Cc2cccc(F)c2)o1. The first-order valence-corrected chi connectivity index (χ1v) is 8.98. The van der Waals surface area contributed by atoms with Crippen molar-refractivity contribution < 1.29 is 13.6 Å². The van der Waals surface area contributed by atoms with Gasteiger partial charge < -0.3 is 9.32 Å². The lowest BCUT2D eigenvalue weighted by atomic mass is 10.0. The minimum absolute atomic E-state index is 0.177. The number of benzene rings is 1. The minimum atomic E-state index is -0.279. The van der Waals surface area contributed by atoms with Gasteiger partial charge in [0.1, 0.15) is 17.6 Å². The number of likely N-dealkylation sites (tertiary alicyclic amines) is 1. The average molecular weight is 366 g/mol. The molecule has 27 heavy (non-hydrogen) atoms. The van der Waals surface area contributed by atoms with Crippen molar-refractivity contribution in [2.45, 2.75) is 31.7 Å². The third-order valence-electron chi connectivity index (χ3n) is 4.64. The van der Waals surface area contributed by atoms with E-state index in [0.717, 1.165) is 24.8 Å². The maximum atomic E-state index is 13.4. The molecule has 2 aromatic heterocycles. The number of halogens is 1. The van der Waals surface area contributed by atoms with Crippen LogP contribution in [-0.2, 0) is 6.42 Å². The highest BCUT2D eigenvalue weighted by Crippen LogP contribution is 2.31. The molecule has 0 bridgehead atoms. The zero-order chi connectivity index (χ0) is 18.6. The molecule has 1 saturated heterocycles. The highest BCUT2D eigenvalue weighted by molar-refractivity contribution is 5.90. The van der Waals surface area contributed by atoms with Gasteiger partial charge in [-0.2, -0.15) is 0 Å². The van der Waals surface area contributed by atoms with Gasteiger partial charge in [-0.1, -0.05) is 12.1 Å². The summed E-state index contributed by atoms with van der Waals surface area (Å²) in [5.74, 6) is 0.829. The summed E-state index contributed by atoms with van der Waals surface area (Å²) < 4.78 is 19.3. The summed E-state index contributed by atoms with van der Waals surface area (Å²) in [6, 6.07) is 7.84. The normalized spacial score (nSPS) is 17.1. The molecule has 1 atom stereocenters.